The minimum atomic E-state index is -2.99. The summed E-state index contributed by atoms with van der Waals surface area (Å²) in [7, 11) is 0. The smallest absolute Gasteiger partial charge is 0.288 e. The first-order chi connectivity index (χ1) is 5.63. The lowest BCUT2D eigenvalue weighted by molar-refractivity contribution is 0.0677. The minimum absolute atomic E-state index is 0.118. The van der Waals surface area contributed by atoms with Crippen LogP contribution in [0.2, 0.25) is 0 Å². The number of Topliss-reactive ketones (excluding diaryl/α,β-unsaturated/α-hetero) is 1. The number of aryl methyl sites for hydroxylation is 1. The number of nitrogens with zero attached hydrogens (tertiary/aromatic N) is 2. The van der Waals surface area contributed by atoms with Gasteiger partial charge in [0.25, 0.3) is 0 Å². The number of aromatic nitrogens is 2. The van der Waals surface area contributed by atoms with E-state index >= 15 is 0 Å². The van der Waals surface area contributed by atoms with Crippen LogP contribution in [-0.4, -0.2) is 22.2 Å². The zero-order valence-electron chi connectivity index (χ0n) is 6.29. The van der Waals surface area contributed by atoms with Crippen molar-refractivity contribution in [3.63, 3.8) is 0 Å². The zero-order chi connectivity index (χ0) is 9.14. The van der Waals surface area contributed by atoms with Gasteiger partial charge in [0.15, 0.2) is 0 Å². The summed E-state index contributed by atoms with van der Waals surface area (Å²) in [5.74, 6) is -1.23. The van der Waals surface area contributed by atoms with E-state index < -0.39 is 12.2 Å². The molecule has 0 amide bonds. The molecular weight excluding hydrogens is 166 g/mol. The molecule has 0 atom stereocenters. The Morgan fingerprint density at radius 2 is 2.25 bits per heavy atom. The highest BCUT2D eigenvalue weighted by Gasteiger charge is 2.19. The van der Waals surface area contributed by atoms with E-state index in [1.165, 1.54) is 13.3 Å². The second-order valence-electron chi connectivity index (χ2n) is 2.19. The Balaban J connectivity index is 3.03. The Morgan fingerprint density at radius 3 is 2.75 bits per heavy atom. The van der Waals surface area contributed by atoms with Gasteiger partial charge in [0.2, 0.25) is 5.78 Å². The molecule has 0 aliphatic rings. The van der Waals surface area contributed by atoms with Gasteiger partial charge in [-0.15, -0.1) is 0 Å². The molecule has 0 radical (unpaired) electrons. The topological polar surface area (TPSA) is 42.9 Å². The highest BCUT2D eigenvalue weighted by molar-refractivity contribution is 5.98. The SMILES string of the molecule is Cc1ncncc1C(=O)C(F)F. The first-order valence-corrected chi connectivity index (χ1v) is 3.22. The normalized spacial score (nSPS) is 10.3. The van der Waals surface area contributed by atoms with E-state index in [-0.39, 0.29) is 11.3 Å². The predicted octanol–water partition coefficient (Wildman–Crippen LogP) is 1.23. The summed E-state index contributed by atoms with van der Waals surface area (Å²) in [6, 6.07) is 0. The second-order valence-corrected chi connectivity index (χ2v) is 2.19. The molecule has 5 heteroatoms. The van der Waals surface area contributed by atoms with E-state index in [1.54, 1.807) is 0 Å². The summed E-state index contributed by atoms with van der Waals surface area (Å²) in [4.78, 5) is 17.8. The van der Waals surface area contributed by atoms with Crippen LogP contribution in [0.25, 0.3) is 0 Å². The summed E-state index contributed by atoms with van der Waals surface area (Å²) in [6.45, 7) is 1.48. The van der Waals surface area contributed by atoms with Crippen LogP contribution in [0.1, 0.15) is 16.1 Å². The van der Waals surface area contributed by atoms with E-state index in [0.29, 0.717) is 0 Å². The number of rotatable bonds is 2. The number of carbonyl (C=O) groups excluding carboxylic acids is 1. The molecule has 3 nitrogen and oxygen atoms in total. The molecule has 0 fully saturated rings. The van der Waals surface area contributed by atoms with Crippen LogP contribution in [-0.2, 0) is 0 Å². The van der Waals surface area contributed by atoms with Gasteiger partial charge < -0.3 is 0 Å². The molecule has 1 heterocycles. The van der Waals surface area contributed by atoms with Crippen LogP contribution in [0.5, 0.6) is 0 Å². The summed E-state index contributed by atoms with van der Waals surface area (Å²) >= 11 is 0. The molecule has 1 aromatic heterocycles. The van der Waals surface area contributed by atoms with Crippen molar-refractivity contribution in [2.24, 2.45) is 0 Å². The molecule has 0 aliphatic carbocycles. The summed E-state index contributed by atoms with van der Waals surface area (Å²) < 4.78 is 23.8. The van der Waals surface area contributed by atoms with Gasteiger partial charge in [-0.2, -0.15) is 0 Å². The number of alkyl halides is 2. The van der Waals surface area contributed by atoms with E-state index in [0.717, 1.165) is 6.20 Å². The van der Waals surface area contributed by atoms with Gasteiger partial charge in [0.05, 0.1) is 11.3 Å². The van der Waals surface area contributed by atoms with Crippen molar-refractivity contribution in [2.75, 3.05) is 0 Å². The van der Waals surface area contributed by atoms with Crippen molar-refractivity contribution < 1.29 is 13.6 Å². The van der Waals surface area contributed by atoms with Crippen LogP contribution in [0.15, 0.2) is 12.5 Å². The zero-order valence-corrected chi connectivity index (χ0v) is 6.29. The Labute approximate surface area is 67.5 Å². The molecule has 0 bridgehead atoms. The largest absolute Gasteiger partial charge is 0.300 e. The molecule has 0 spiro atoms. The number of carbonyl (C=O) groups is 1. The van der Waals surface area contributed by atoms with Crippen molar-refractivity contribution >= 4 is 5.78 Å². The lowest BCUT2D eigenvalue weighted by Crippen LogP contribution is -2.12. The van der Waals surface area contributed by atoms with Crippen LogP contribution >= 0.6 is 0 Å². The van der Waals surface area contributed by atoms with Crippen molar-refractivity contribution in [3.05, 3.63) is 23.8 Å². The fourth-order valence-electron chi connectivity index (χ4n) is 0.750. The molecule has 64 valence electrons. The van der Waals surface area contributed by atoms with Crippen molar-refractivity contribution in [1.82, 2.24) is 9.97 Å². The molecule has 0 N–H and O–H groups in total. The highest BCUT2D eigenvalue weighted by atomic mass is 19.3. The fourth-order valence-corrected chi connectivity index (χ4v) is 0.750. The highest BCUT2D eigenvalue weighted by Crippen LogP contribution is 2.08. The maximum absolute atomic E-state index is 11.9. The van der Waals surface area contributed by atoms with Crippen LogP contribution in [0.3, 0.4) is 0 Å². The third-order valence-electron chi connectivity index (χ3n) is 1.38. The first-order valence-electron chi connectivity index (χ1n) is 3.22. The number of hydrogen-bond acceptors (Lipinski definition) is 3. The van der Waals surface area contributed by atoms with Crippen LogP contribution < -0.4 is 0 Å². The first kappa shape index (κ1) is 8.70. The third-order valence-corrected chi connectivity index (χ3v) is 1.38. The second kappa shape index (κ2) is 3.34. The summed E-state index contributed by atoms with van der Waals surface area (Å²) in [6.07, 6.45) is -0.691. The Morgan fingerprint density at radius 1 is 1.58 bits per heavy atom. The maximum atomic E-state index is 11.9. The van der Waals surface area contributed by atoms with E-state index in [9.17, 15) is 13.6 Å². The van der Waals surface area contributed by atoms with Crippen LogP contribution in [0.4, 0.5) is 8.78 Å². The van der Waals surface area contributed by atoms with Crippen LogP contribution in [0, 0.1) is 6.92 Å². The molecule has 12 heavy (non-hydrogen) atoms. The predicted molar refractivity (Wildman–Crippen MR) is 37.1 cm³/mol. The Hall–Kier alpha value is -1.39. The molecule has 1 rings (SSSR count). The number of hydrogen-bond donors (Lipinski definition) is 0. The van der Waals surface area contributed by atoms with Crippen molar-refractivity contribution in [2.45, 2.75) is 13.3 Å². The number of halogens is 2. The van der Waals surface area contributed by atoms with Gasteiger partial charge in [-0.05, 0) is 6.92 Å². The monoisotopic (exact) mass is 172 g/mol. The maximum Gasteiger partial charge on any atom is 0.300 e. The van der Waals surface area contributed by atoms with E-state index in [4.69, 9.17) is 0 Å². The van der Waals surface area contributed by atoms with E-state index in [1.807, 2.05) is 0 Å². The minimum Gasteiger partial charge on any atom is -0.288 e. The lowest BCUT2D eigenvalue weighted by Gasteiger charge is -2.00. The van der Waals surface area contributed by atoms with E-state index in [2.05, 4.69) is 9.97 Å². The third kappa shape index (κ3) is 1.61. The lowest BCUT2D eigenvalue weighted by atomic mass is 10.2. The number of ketones is 1. The molecule has 0 aliphatic heterocycles. The quantitative estimate of drug-likeness (QED) is 0.630. The van der Waals surface area contributed by atoms with Gasteiger partial charge in [-0.1, -0.05) is 0 Å². The van der Waals surface area contributed by atoms with Crippen molar-refractivity contribution in [3.8, 4) is 0 Å². The summed E-state index contributed by atoms with van der Waals surface area (Å²) in [5.41, 5.74) is 0.155. The Kier molecular flexibility index (Phi) is 2.42. The molecule has 1 aromatic rings. The molecule has 0 unspecified atom stereocenters. The average Bonchev–Trinajstić information content (AvgIpc) is 2.04. The average molecular weight is 172 g/mol. The molecule has 0 saturated heterocycles. The standard InChI is InChI=1S/C7H6F2N2O/c1-4-5(2-10-3-11-4)6(12)7(8)9/h2-3,7H,1H3. The molecule has 0 saturated carbocycles. The van der Waals surface area contributed by atoms with Gasteiger partial charge in [0.1, 0.15) is 6.33 Å². The molecular formula is C7H6F2N2O. The fraction of sp³-hybridized carbons (Fsp3) is 0.286. The van der Waals surface area contributed by atoms with Gasteiger partial charge in [-0.3, -0.25) is 4.79 Å². The Bertz CT molecular complexity index is 301. The van der Waals surface area contributed by atoms with Gasteiger partial charge >= 0.3 is 6.43 Å². The summed E-state index contributed by atoms with van der Waals surface area (Å²) in [5, 5.41) is 0. The van der Waals surface area contributed by atoms with Crippen molar-refractivity contribution in [1.29, 1.82) is 0 Å². The van der Waals surface area contributed by atoms with Gasteiger partial charge in [0, 0.05) is 6.20 Å². The molecule has 0 aromatic carbocycles. The van der Waals surface area contributed by atoms with Gasteiger partial charge in [-0.25, -0.2) is 18.7 Å².